The standard InChI is InChI=1S/C17H30N2OS/c1-5-18-15(11-16-19-12(2)13(3)21-16)17(20-4)14-9-7-6-8-10-14/h14-15,17-18H,5-11H2,1-4H3. The fraction of sp³-hybridized carbons (Fsp3) is 0.824. The fourth-order valence-corrected chi connectivity index (χ4v) is 4.52. The Kier molecular flexibility index (Phi) is 6.65. The molecule has 1 heterocycles. The van der Waals surface area contributed by atoms with E-state index in [1.54, 1.807) is 0 Å². The van der Waals surface area contributed by atoms with E-state index in [2.05, 4.69) is 26.1 Å². The van der Waals surface area contributed by atoms with E-state index >= 15 is 0 Å². The highest BCUT2D eigenvalue weighted by atomic mass is 32.1. The zero-order valence-corrected chi connectivity index (χ0v) is 14.8. The van der Waals surface area contributed by atoms with Crippen LogP contribution in [0.2, 0.25) is 0 Å². The third-order valence-electron chi connectivity index (χ3n) is 4.72. The number of aryl methyl sites for hydroxylation is 2. The first kappa shape index (κ1) is 16.9. The van der Waals surface area contributed by atoms with Gasteiger partial charge in [0.15, 0.2) is 0 Å². The number of rotatable bonds is 7. The Hall–Kier alpha value is -0.450. The Morgan fingerprint density at radius 3 is 2.52 bits per heavy atom. The van der Waals surface area contributed by atoms with Crippen molar-refractivity contribution in [1.29, 1.82) is 0 Å². The van der Waals surface area contributed by atoms with Gasteiger partial charge in [-0.15, -0.1) is 11.3 Å². The predicted molar refractivity (Wildman–Crippen MR) is 90.1 cm³/mol. The number of hydrogen-bond acceptors (Lipinski definition) is 4. The Bertz CT molecular complexity index is 407. The van der Waals surface area contributed by atoms with E-state index in [4.69, 9.17) is 9.72 Å². The molecule has 0 saturated heterocycles. The van der Waals surface area contributed by atoms with E-state index in [0.29, 0.717) is 18.1 Å². The summed E-state index contributed by atoms with van der Waals surface area (Å²) < 4.78 is 5.93. The number of ether oxygens (including phenoxy) is 1. The van der Waals surface area contributed by atoms with E-state index in [-0.39, 0.29) is 0 Å². The van der Waals surface area contributed by atoms with Crippen molar-refractivity contribution >= 4 is 11.3 Å². The Balaban J connectivity index is 2.07. The van der Waals surface area contributed by atoms with Crippen LogP contribution in [0.5, 0.6) is 0 Å². The van der Waals surface area contributed by atoms with Gasteiger partial charge in [0.2, 0.25) is 0 Å². The molecule has 1 aliphatic rings. The molecule has 1 N–H and O–H groups in total. The molecule has 0 spiro atoms. The molecule has 4 heteroatoms. The second-order valence-corrected chi connectivity index (χ2v) is 7.50. The van der Waals surface area contributed by atoms with Crippen LogP contribution in [-0.2, 0) is 11.2 Å². The van der Waals surface area contributed by atoms with Gasteiger partial charge < -0.3 is 10.1 Å². The summed E-state index contributed by atoms with van der Waals surface area (Å²) in [6.45, 7) is 7.43. The van der Waals surface area contributed by atoms with Gasteiger partial charge in [0, 0.05) is 24.4 Å². The normalized spacial score (nSPS) is 19.6. The minimum absolute atomic E-state index is 0.315. The summed E-state index contributed by atoms with van der Waals surface area (Å²) >= 11 is 1.84. The molecule has 1 saturated carbocycles. The van der Waals surface area contributed by atoms with Crippen LogP contribution in [0.25, 0.3) is 0 Å². The summed E-state index contributed by atoms with van der Waals surface area (Å²) in [5.74, 6) is 0.704. The molecule has 0 radical (unpaired) electrons. The van der Waals surface area contributed by atoms with Gasteiger partial charge in [-0.3, -0.25) is 0 Å². The second kappa shape index (κ2) is 8.25. The zero-order chi connectivity index (χ0) is 15.2. The summed E-state index contributed by atoms with van der Waals surface area (Å²) in [6.07, 6.45) is 8.05. The first-order chi connectivity index (χ1) is 10.2. The maximum Gasteiger partial charge on any atom is 0.0947 e. The molecular weight excluding hydrogens is 280 g/mol. The molecule has 0 amide bonds. The van der Waals surface area contributed by atoms with Gasteiger partial charge in [-0.2, -0.15) is 0 Å². The van der Waals surface area contributed by atoms with Crippen molar-refractivity contribution in [2.75, 3.05) is 13.7 Å². The minimum atomic E-state index is 0.315. The van der Waals surface area contributed by atoms with Crippen LogP contribution in [0.15, 0.2) is 0 Å². The van der Waals surface area contributed by atoms with Gasteiger partial charge in [0.05, 0.1) is 16.8 Å². The van der Waals surface area contributed by atoms with Gasteiger partial charge in [0.1, 0.15) is 0 Å². The molecule has 0 bridgehead atoms. The third-order valence-corrected chi connectivity index (χ3v) is 5.81. The van der Waals surface area contributed by atoms with E-state index in [0.717, 1.165) is 13.0 Å². The quantitative estimate of drug-likeness (QED) is 0.830. The fourth-order valence-electron chi connectivity index (χ4n) is 3.53. The van der Waals surface area contributed by atoms with E-state index in [1.165, 1.54) is 47.7 Å². The molecule has 21 heavy (non-hydrogen) atoms. The number of likely N-dealkylation sites (N-methyl/N-ethyl adjacent to an activating group) is 1. The molecule has 1 fully saturated rings. The molecule has 2 rings (SSSR count). The smallest absolute Gasteiger partial charge is 0.0947 e. The SMILES string of the molecule is CCNC(Cc1nc(C)c(C)s1)C(OC)C1CCCCC1. The van der Waals surface area contributed by atoms with Crippen molar-refractivity contribution < 1.29 is 4.74 Å². The molecular formula is C17H30N2OS. The summed E-state index contributed by atoms with van der Waals surface area (Å²) in [5.41, 5.74) is 1.18. The second-order valence-electron chi connectivity index (χ2n) is 6.22. The zero-order valence-electron chi connectivity index (χ0n) is 13.9. The molecule has 0 aromatic carbocycles. The van der Waals surface area contributed by atoms with Crippen LogP contribution in [-0.4, -0.2) is 30.8 Å². The monoisotopic (exact) mass is 310 g/mol. The lowest BCUT2D eigenvalue weighted by Crippen LogP contribution is -2.46. The van der Waals surface area contributed by atoms with E-state index < -0.39 is 0 Å². The van der Waals surface area contributed by atoms with Crippen LogP contribution in [0.1, 0.15) is 54.6 Å². The van der Waals surface area contributed by atoms with Crippen molar-refractivity contribution in [2.24, 2.45) is 5.92 Å². The van der Waals surface area contributed by atoms with Gasteiger partial charge >= 0.3 is 0 Å². The highest BCUT2D eigenvalue weighted by Crippen LogP contribution is 2.30. The van der Waals surface area contributed by atoms with Crippen LogP contribution in [0, 0.1) is 19.8 Å². The van der Waals surface area contributed by atoms with Gasteiger partial charge in [-0.25, -0.2) is 4.98 Å². The average Bonchev–Trinajstić information content (AvgIpc) is 2.79. The predicted octanol–water partition coefficient (Wildman–Crippen LogP) is 3.88. The lowest BCUT2D eigenvalue weighted by molar-refractivity contribution is 0.00867. The van der Waals surface area contributed by atoms with E-state index in [9.17, 15) is 0 Å². The molecule has 3 nitrogen and oxygen atoms in total. The molecule has 1 aromatic rings. The maximum atomic E-state index is 5.93. The summed E-state index contributed by atoms with van der Waals surface area (Å²) in [4.78, 5) is 6.06. The number of methoxy groups -OCH3 is 1. The number of nitrogens with one attached hydrogen (secondary N) is 1. The Morgan fingerprint density at radius 1 is 1.29 bits per heavy atom. The van der Waals surface area contributed by atoms with E-state index in [1.807, 2.05) is 18.4 Å². The lowest BCUT2D eigenvalue weighted by atomic mass is 9.82. The van der Waals surface area contributed by atoms with Crippen LogP contribution in [0.4, 0.5) is 0 Å². The number of hydrogen-bond donors (Lipinski definition) is 1. The summed E-state index contributed by atoms with van der Waals surface area (Å²) in [6, 6.07) is 0.382. The maximum absolute atomic E-state index is 5.93. The van der Waals surface area contributed by atoms with Crippen LogP contribution >= 0.6 is 11.3 Å². The number of thiazole rings is 1. The van der Waals surface area contributed by atoms with Crippen LogP contribution in [0.3, 0.4) is 0 Å². The van der Waals surface area contributed by atoms with Gasteiger partial charge in [0.25, 0.3) is 0 Å². The molecule has 1 aliphatic carbocycles. The Morgan fingerprint density at radius 2 is 2.00 bits per heavy atom. The summed E-state index contributed by atoms with van der Waals surface area (Å²) in [7, 11) is 1.88. The lowest BCUT2D eigenvalue weighted by Gasteiger charge is -2.35. The molecule has 0 aliphatic heterocycles. The molecule has 120 valence electrons. The van der Waals surface area contributed by atoms with Crippen molar-refractivity contribution in [2.45, 2.75) is 71.4 Å². The van der Waals surface area contributed by atoms with Gasteiger partial charge in [-0.05, 0) is 39.2 Å². The summed E-state index contributed by atoms with van der Waals surface area (Å²) in [5, 5.41) is 4.89. The molecule has 2 atom stereocenters. The highest BCUT2D eigenvalue weighted by Gasteiger charge is 2.31. The Labute approximate surface area is 133 Å². The largest absolute Gasteiger partial charge is 0.380 e. The molecule has 2 unspecified atom stereocenters. The van der Waals surface area contributed by atoms with Gasteiger partial charge in [-0.1, -0.05) is 26.2 Å². The van der Waals surface area contributed by atoms with Crippen molar-refractivity contribution in [3.05, 3.63) is 15.6 Å². The molecule has 1 aromatic heterocycles. The number of nitrogens with zero attached hydrogens (tertiary/aromatic N) is 1. The highest BCUT2D eigenvalue weighted by molar-refractivity contribution is 7.11. The first-order valence-electron chi connectivity index (χ1n) is 8.34. The third kappa shape index (κ3) is 4.51. The topological polar surface area (TPSA) is 34.2 Å². The van der Waals surface area contributed by atoms with Crippen molar-refractivity contribution in [3.63, 3.8) is 0 Å². The number of aromatic nitrogens is 1. The first-order valence-corrected chi connectivity index (χ1v) is 9.16. The van der Waals surface area contributed by atoms with Crippen molar-refractivity contribution in [1.82, 2.24) is 10.3 Å². The minimum Gasteiger partial charge on any atom is -0.380 e. The van der Waals surface area contributed by atoms with Crippen molar-refractivity contribution in [3.8, 4) is 0 Å². The van der Waals surface area contributed by atoms with Crippen LogP contribution < -0.4 is 5.32 Å². The average molecular weight is 311 g/mol.